The number of hydrogen-bond donors (Lipinski definition) is 2. The van der Waals surface area contributed by atoms with Gasteiger partial charge in [0, 0.05) is 23.9 Å². The third-order valence-corrected chi connectivity index (χ3v) is 3.76. The number of non-ortho nitro benzene ring substituents is 1. The second-order valence-corrected chi connectivity index (χ2v) is 5.14. The number of nitrogens with zero attached hydrogens (tertiary/aromatic N) is 1. The second kappa shape index (κ2) is 6.36. The van der Waals surface area contributed by atoms with Crippen molar-refractivity contribution in [3.8, 4) is 0 Å². The fourth-order valence-electron chi connectivity index (χ4n) is 2.67. The molecule has 1 fully saturated rings. The van der Waals surface area contributed by atoms with Crippen LogP contribution in [0.2, 0.25) is 0 Å². The lowest BCUT2D eigenvalue weighted by Gasteiger charge is -2.23. The number of aliphatic carboxylic acids is 1. The third kappa shape index (κ3) is 3.46. The minimum absolute atomic E-state index is 0.0335. The molecule has 0 heterocycles. The van der Waals surface area contributed by atoms with E-state index in [9.17, 15) is 20.0 Å². The van der Waals surface area contributed by atoms with Gasteiger partial charge in [0.15, 0.2) is 0 Å². The number of rotatable bonds is 4. The van der Waals surface area contributed by atoms with Crippen LogP contribution in [0.5, 0.6) is 0 Å². The van der Waals surface area contributed by atoms with E-state index in [1.807, 2.05) is 0 Å². The topological polar surface area (TPSA) is 92.5 Å². The van der Waals surface area contributed by atoms with E-state index < -0.39 is 16.8 Å². The van der Waals surface area contributed by atoms with Crippen molar-refractivity contribution in [2.24, 2.45) is 5.92 Å². The predicted octanol–water partition coefficient (Wildman–Crippen LogP) is 3.04. The van der Waals surface area contributed by atoms with Gasteiger partial charge in [-0.15, -0.1) is 0 Å². The van der Waals surface area contributed by atoms with Gasteiger partial charge in [-0.2, -0.15) is 0 Å². The van der Waals surface area contributed by atoms with Crippen LogP contribution in [0.15, 0.2) is 24.3 Å². The molecule has 1 aliphatic carbocycles. The van der Waals surface area contributed by atoms with Gasteiger partial charge in [0.1, 0.15) is 0 Å². The number of carboxylic acid groups (broad SMARTS) is 1. The molecule has 2 unspecified atom stereocenters. The summed E-state index contributed by atoms with van der Waals surface area (Å²) in [4.78, 5) is 21.5. The molecule has 0 radical (unpaired) electrons. The van der Waals surface area contributed by atoms with Crippen LogP contribution in [-0.4, -0.2) is 22.0 Å². The van der Waals surface area contributed by atoms with Gasteiger partial charge in [0.2, 0.25) is 0 Å². The summed E-state index contributed by atoms with van der Waals surface area (Å²) in [5.74, 6) is -1.17. The van der Waals surface area contributed by atoms with Gasteiger partial charge in [0.05, 0.1) is 10.8 Å². The molecule has 0 amide bonds. The predicted molar refractivity (Wildman–Crippen MR) is 74.7 cm³/mol. The van der Waals surface area contributed by atoms with Crippen molar-refractivity contribution in [1.29, 1.82) is 0 Å². The normalized spacial score (nSPS) is 22.8. The van der Waals surface area contributed by atoms with E-state index in [4.69, 9.17) is 0 Å². The molecular weight excluding hydrogens is 260 g/mol. The van der Waals surface area contributed by atoms with E-state index in [2.05, 4.69) is 5.32 Å². The fourth-order valence-corrected chi connectivity index (χ4v) is 2.67. The number of carboxylic acids is 1. The van der Waals surface area contributed by atoms with Gasteiger partial charge < -0.3 is 10.4 Å². The Bertz CT molecular complexity index is 486. The molecule has 1 saturated carbocycles. The minimum Gasteiger partial charge on any atom is -0.481 e. The maximum atomic E-state index is 11.3. The summed E-state index contributed by atoms with van der Waals surface area (Å²) < 4.78 is 0. The zero-order chi connectivity index (χ0) is 14.5. The molecule has 0 bridgehead atoms. The summed E-state index contributed by atoms with van der Waals surface area (Å²) in [6, 6.07) is 5.99. The Morgan fingerprint density at radius 3 is 2.45 bits per heavy atom. The van der Waals surface area contributed by atoms with Crippen LogP contribution >= 0.6 is 0 Å². The number of benzene rings is 1. The molecule has 0 aromatic heterocycles. The first-order chi connectivity index (χ1) is 9.58. The van der Waals surface area contributed by atoms with Crippen LogP contribution in [0, 0.1) is 16.0 Å². The molecule has 0 saturated heterocycles. The van der Waals surface area contributed by atoms with Crippen molar-refractivity contribution in [3.05, 3.63) is 34.4 Å². The molecular formula is C14H18N2O4. The van der Waals surface area contributed by atoms with Crippen LogP contribution in [0.3, 0.4) is 0 Å². The lowest BCUT2D eigenvalue weighted by molar-refractivity contribution is -0.384. The molecule has 108 valence electrons. The van der Waals surface area contributed by atoms with Gasteiger partial charge in [-0.3, -0.25) is 14.9 Å². The lowest BCUT2D eigenvalue weighted by Crippen LogP contribution is -2.33. The fraction of sp³-hybridized carbons (Fsp3) is 0.500. The number of carbonyl (C=O) groups is 1. The van der Waals surface area contributed by atoms with Crippen molar-refractivity contribution in [3.63, 3.8) is 0 Å². The molecule has 2 atom stereocenters. The van der Waals surface area contributed by atoms with Gasteiger partial charge in [-0.25, -0.2) is 0 Å². The molecule has 20 heavy (non-hydrogen) atoms. The zero-order valence-electron chi connectivity index (χ0n) is 11.1. The number of nitrogens with one attached hydrogen (secondary N) is 1. The highest BCUT2D eigenvalue weighted by molar-refractivity contribution is 5.71. The third-order valence-electron chi connectivity index (χ3n) is 3.76. The molecule has 2 N–H and O–H groups in total. The smallest absolute Gasteiger partial charge is 0.308 e. The quantitative estimate of drug-likeness (QED) is 0.501. The summed E-state index contributed by atoms with van der Waals surface area (Å²) in [5, 5.41) is 23.1. The Balaban J connectivity index is 2.09. The van der Waals surface area contributed by atoms with E-state index in [0.717, 1.165) is 31.4 Å². The molecule has 0 spiro atoms. The lowest BCUT2D eigenvalue weighted by atomic mass is 9.94. The molecule has 0 aliphatic heterocycles. The monoisotopic (exact) mass is 278 g/mol. The van der Waals surface area contributed by atoms with Gasteiger partial charge in [0.25, 0.3) is 5.69 Å². The first-order valence-electron chi connectivity index (χ1n) is 6.82. The van der Waals surface area contributed by atoms with E-state index in [1.165, 1.54) is 12.1 Å². The van der Waals surface area contributed by atoms with Gasteiger partial charge in [-0.05, 0) is 25.0 Å². The Kier molecular flexibility index (Phi) is 4.55. The number of anilines is 1. The Labute approximate surface area is 117 Å². The maximum Gasteiger partial charge on any atom is 0.308 e. The average Bonchev–Trinajstić information content (AvgIpc) is 2.65. The van der Waals surface area contributed by atoms with Crippen LogP contribution in [0.1, 0.15) is 32.1 Å². The van der Waals surface area contributed by atoms with Crippen molar-refractivity contribution in [1.82, 2.24) is 0 Å². The Hall–Kier alpha value is -2.11. The summed E-state index contributed by atoms with van der Waals surface area (Å²) in [5.41, 5.74) is 0.764. The van der Waals surface area contributed by atoms with E-state index in [0.29, 0.717) is 6.42 Å². The van der Waals surface area contributed by atoms with Crippen LogP contribution in [-0.2, 0) is 4.79 Å². The van der Waals surface area contributed by atoms with Crippen LogP contribution < -0.4 is 5.32 Å². The number of hydrogen-bond acceptors (Lipinski definition) is 4. The van der Waals surface area contributed by atoms with Crippen molar-refractivity contribution in [2.75, 3.05) is 5.32 Å². The van der Waals surface area contributed by atoms with Gasteiger partial charge in [-0.1, -0.05) is 19.3 Å². The van der Waals surface area contributed by atoms with Gasteiger partial charge >= 0.3 is 5.97 Å². The number of nitro benzene ring substituents is 1. The second-order valence-electron chi connectivity index (χ2n) is 5.14. The average molecular weight is 278 g/mol. The maximum absolute atomic E-state index is 11.3. The van der Waals surface area contributed by atoms with Crippen molar-refractivity contribution >= 4 is 17.3 Å². The number of nitro groups is 1. The SMILES string of the molecule is O=C(O)C1CCCCCC1Nc1ccc([N+](=O)[O-])cc1. The molecule has 6 heteroatoms. The summed E-state index contributed by atoms with van der Waals surface area (Å²) in [6.45, 7) is 0. The Morgan fingerprint density at radius 2 is 1.85 bits per heavy atom. The highest BCUT2D eigenvalue weighted by atomic mass is 16.6. The molecule has 2 rings (SSSR count). The summed E-state index contributed by atoms with van der Waals surface area (Å²) in [7, 11) is 0. The first kappa shape index (κ1) is 14.3. The summed E-state index contributed by atoms with van der Waals surface area (Å²) >= 11 is 0. The van der Waals surface area contributed by atoms with Crippen molar-refractivity contribution < 1.29 is 14.8 Å². The van der Waals surface area contributed by atoms with E-state index in [-0.39, 0.29) is 11.7 Å². The zero-order valence-corrected chi connectivity index (χ0v) is 11.1. The summed E-state index contributed by atoms with van der Waals surface area (Å²) in [6.07, 6.45) is 4.50. The van der Waals surface area contributed by atoms with Crippen LogP contribution in [0.25, 0.3) is 0 Å². The molecule has 1 aromatic rings. The van der Waals surface area contributed by atoms with E-state index in [1.54, 1.807) is 12.1 Å². The molecule has 6 nitrogen and oxygen atoms in total. The molecule has 1 aliphatic rings. The molecule has 1 aromatic carbocycles. The first-order valence-corrected chi connectivity index (χ1v) is 6.82. The van der Waals surface area contributed by atoms with Crippen LogP contribution in [0.4, 0.5) is 11.4 Å². The van der Waals surface area contributed by atoms with E-state index >= 15 is 0 Å². The highest BCUT2D eigenvalue weighted by Crippen LogP contribution is 2.27. The highest BCUT2D eigenvalue weighted by Gasteiger charge is 2.29. The minimum atomic E-state index is -0.772. The standard InChI is InChI=1S/C14H18N2O4/c17-14(18)12-4-2-1-3-5-13(12)15-10-6-8-11(9-7-10)16(19)20/h6-9,12-13,15H,1-5H2,(H,17,18). The Morgan fingerprint density at radius 1 is 1.20 bits per heavy atom. The van der Waals surface area contributed by atoms with Crippen molar-refractivity contribution in [2.45, 2.75) is 38.1 Å². The largest absolute Gasteiger partial charge is 0.481 e.